The molecule has 5 rings (SSSR count). The number of rotatable bonds is 4. The van der Waals surface area contributed by atoms with Crippen molar-refractivity contribution in [2.24, 2.45) is 0 Å². The SMILES string of the molecule is COc1ccc2c(c1OC)OC1(CCN(c3nc4cc(C(C)C)ccc4o3)CC1)CC2=O. The van der Waals surface area contributed by atoms with Crippen LogP contribution in [0.15, 0.2) is 34.7 Å². The van der Waals surface area contributed by atoms with Gasteiger partial charge < -0.3 is 23.5 Å². The third-order valence-electron chi connectivity index (χ3n) is 6.61. The molecule has 1 saturated heterocycles. The van der Waals surface area contributed by atoms with Crippen LogP contribution in [0.25, 0.3) is 11.1 Å². The average Bonchev–Trinajstić information content (AvgIpc) is 3.22. The number of benzene rings is 2. The van der Waals surface area contributed by atoms with Crippen LogP contribution in [-0.2, 0) is 0 Å². The summed E-state index contributed by atoms with van der Waals surface area (Å²) in [5.74, 6) is 2.03. The number of carbonyl (C=O) groups is 1. The van der Waals surface area contributed by atoms with E-state index < -0.39 is 5.60 Å². The van der Waals surface area contributed by atoms with Crippen molar-refractivity contribution in [1.29, 1.82) is 0 Å². The van der Waals surface area contributed by atoms with Crippen LogP contribution >= 0.6 is 0 Å². The summed E-state index contributed by atoms with van der Waals surface area (Å²) in [5, 5.41) is 0. The van der Waals surface area contributed by atoms with E-state index in [2.05, 4.69) is 30.9 Å². The zero-order valence-electron chi connectivity index (χ0n) is 18.9. The van der Waals surface area contributed by atoms with Crippen molar-refractivity contribution in [3.8, 4) is 17.2 Å². The van der Waals surface area contributed by atoms with Crippen LogP contribution in [0.2, 0.25) is 0 Å². The van der Waals surface area contributed by atoms with Crippen LogP contribution < -0.4 is 19.1 Å². The van der Waals surface area contributed by atoms with Gasteiger partial charge in [0, 0.05) is 25.9 Å². The summed E-state index contributed by atoms with van der Waals surface area (Å²) in [6, 6.07) is 10.3. The molecule has 2 aromatic carbocycles. The molecule has 3 aromatic rings. The Morgan fingerprint density at radius 2 is 1.88 bits per heavy atom. The lowest BCUT2D eigenvalue weighted by molar-refractivity contribution is 0.0203. The third-order valence-corrected chi connectivity index (χ3v) is 6.61. The van der Waals surface area contributed by atoms with Crippen molar-refractivity contribution in [2.45, 2.75) is 44.6 Å². The van der Waals surface area contributed by atoms with E-state index in [-0.39, 0.29) is 5.78 Å². The van der Waals surface area contributed by atoms with Gasteiger partial charge in [-0.2, -0.15) is 4.98 Å². The molecule has 0 bridgehead atoms. The van der Waals surface area contributed by atoms with Gasteiger partial charge in [-0.05, 0) is 35.7 Å². The fourth-order valence-corrected chi connectivity index (χ4v) is 4.67. The van der Waals surface area contributed by atoms with Crippen molar-refractivity contribution in [3.63, 3.8) is 0 Å². The lowest BCUT2D eigenvalue weighted by Crippen LogP contribution is -2.51. The number of Topliss-reactive ketones (excluding diaryl/α,β-unsaturated/α-hetero) is 1. The minimum Gasteiger partial charge on any atom is -0.493 e. The summed E-state index contributed by atoms with van der Waals surface area (Å²) < 4.78 is 23.4. The lowest BCUT2D eigenvalue weighted by atomic mass is 9.82. The Hall–Kier alpha value is -3.22. The number of anilines is 1. The molecule has 0 saturated carbocycles. The fourth-order valence-electron chi connectivity index (χ4n) is 4.67. The number of oxazole rings is 1. The molecule has 32 heavy (non-hydrogen) atoms. The Morgan fingerprint density at radius 3 is 2.56 bits per heavy atom. The molecule has 0 aliphatic carbocycles. The van der Waals surface area contributed by atoms with Crippen molar-refractivity contribution in [2.75, 3.05) is 32.2 Å². The summed E-state index contributed by atoms with van der Waals surface area (Å²) in [7, 11) is 3.14. The van der Waals surface area contributed by atoms with E-state index in [9.17, 15) is 4.79 Å². The van der Waals surface area contributed by atoms with Gasteiger partial charge in [0.15, 0.2) is 22.9 Å². The van der Waals surface area contributed by atoms with Crippen LogP contribution in [-0.4, -0.2) is 43.7 Å². The van der Waals surface area contributed by atoms with E-state index in [1.807, 2.05) is 6.07 Å². The first-order chi connectivity index (χ1) is 15.4. The quantitative estimate of drug-likeness (QED) is 0.571. The maximum Gasteiger partial charge on any atom is 0.298 e. The van der Waals surface area contributed by atoms with E-state index in [1.165, 1.54) is 5.56 Å². The van der Waals surface area contributed by atoms with E-state index in [4.69, 9.17) is 23.6 Å². The van der Waals surface area contributed by atoms with Crippen molar-refractivity contribution in [3.05, 3.63) is 41.5 Å². The summed E-state index contributed by atoms with van der Waals surface area (Å²) in [4.78, 5) is 19.8. The normalized spacial score (nSPS) is 17.5. The van der Waals surface area contributed by atoms with Gasteiger partial charge in [-0.3, -0.25) is 4.79 Å². The Morgan fingerprint density at radius 1 is 1.09 bits per heavy atom. The fraction of sp³-hybridized carbons (Fsp3) is 0.440. The van der Waals surface area contributed by atoms with Gasteiger partial charge in [0.1, 0.15) is 11.1 Å². The Bertz CT molecular complexity index is 1170. The van der Waals surface area contributed by atoms with Gasteiger partial charge >= 0.3 is 0 Å². The molecule has 0 N–H and O–H groups in total. The van der Waals surface area contributed by atoms with Crippen molar-refractivity contribution in [1.82, 2.24) is 4.98 Å². The number of piperidine rings is 1. The zero-order valence-corrected chi connectivity index (χ0v) is 18.9. The first-order valence-corrected chi connectivity index (χ1v) is 11.1. The van der Waals surface area contributed by atoms with E-state index in [0.29, 0.717) is 67.1 Å². The first-order valence-electron chi connectivity index (χ1n) is 11.1. The average molecular weight is 437 g/mol. The van der Waals surface area contributed by atoms with E-state index >= 15 is 0 Å². The van der Waals surface area contributed by atoms with Gasteiger partial charge in [0.25, 0.3) is 6.01 Å². The predicted molar refractivity (Wildman–Crippen MR) is 121 cm³/mol. The Balaban J connectivity index is 1.38. The maximum absolute atomic E-state index is 13.0. The number of nitrogens with zero attached hydrogens (tertiary/aromatic N) is 2. The molecular formula is C25H28N2O5. The zero-order chi connectivity index (χ0) is 22.5. The highest BCUT2D eigenvalue weighted by atomic mass is 16.5. The van der Waals surface area contributed by atoms with Gasteiger partial charge in [0.05, 0.1) is 26.2 Å². The summed E-state index contributed by atoms with van der Waals surface area (Å²) >= 11 is 0. The van der Waals surface area contributed by atoms with Crippen molar-refractivity contribution >= 4 is 22.9 Å². The molecule has 0 atom stereocenters. The standard InChI is InChI=1S/C25H28N2O5/c1-15(2)16-5-7-20-18(13-16)26-24(31-20)27-11-9-25(10-12-27)14-19(28)17-6-8-21(29-3)23(30-4)22(17)32-25/h5-8,13,15H,9-12,14H2,1-4H3. The molecule has 7 nitrogen and oxygen atoms in total. The van der Waals surface area contributed by atoms with Gasteiger partial charge in [-0.1, -0.05) is 19.9 Å². The number of hydrogen-bond acceptors (Lipinski definition) is 7. The summed E-state index contributed by atoms with van der Waals surface area (Å²) in [6.07, 6.45) is 1.73. The number of ketones is 1. The number of carbonyl (C=O) groups excluding carboxylic acids is 1. The lowest BCUT2D eigenvalue weighted by Gasteiger charge is -2.43. The van der Waals surface area contributed by atoms with E-state index in [1.54, 1.807) is 26.4 Å². The van der Waals surface area contributed by atoms with Gasteiger partial charge in [-0.15, -0.1) is 0 Å². The largest absolute Gasteiger partial charge is 0.493 e. The molecule has 0 amide bonds. The van der Waals surface area contributed by atoms with Crippen LogP contribution in [0.1, 0.15) is 54.9 Å². The third kappa shape index (κ3) is 3.36. The molecule has 3 heterocycles. The number of hydrogen-bond donors (Lipinski definition) is 0. The molecule has 0 unspecified atom stereocenters. The Labute approximate surface area is 187 Å². The Kier molecular flexibility index (Phi) is 4.99. The first kappa shape index (κ1) is 20.7. The summed E-state index contributed by atoms with van der Waals surface area (Å²) in [5.41, 5.74) is 2.90. The number of methoxy groups -OCH3 is 2. The highest BCUT2D eigenvalue weighted by Crippen LogP contribution is 2.48. The van der Waals surface area contributed by atoms with Crippen LogP contribution in [0, 0.1) is 0 Å². The summed E-state index contributed by atoms with van der Waals surface area (Å²) in [6.45, 7) is 5.72. The second-order valence-electron chi connectivity index (χ2n) is 8.93. The number of ether oxygens (including phenoxy) is 3. The number of fused-ring (bicyclic) bond motifs is 2. The van der Waals surface area contributed by atoms with Crippen LogP contribution in [0.3, 0.4) is 0 Å². The molecule has 2 aliphatic rings. The minimum absolute atomic E-state index is 0.0729. The highest BCUT2D eigenvalue weighted by molar-refractivity contribution is 6.01. The van der Waals surface area contributed by atoms with Crippen molar-refractivity contribution < 1.29 is 23.4 Å². The molecule has 2 aliphatic heterocycles. The van der Waals surface area contributed by atoms with Crippen LogP contribution in [0.5, 0.6) is 17.2 Å². The second kappa shape index (κ2) is 7.73. The minimum atomic E-state index is -0.558. The molecule has 7 heteroatoms. The molecule has 1 aromatic heterocycles. The molecule has 1 fully saturated rings. The van der Waals surface area contributed by atoms with Gasteiger partial charge in [0.2, 0.25) is 5.75 Å². The smallest absolute Gasteiger partial charge is 0.298 e. The van der Waals surface area contributed by atoms with Gasteiger partial charge in [-0.25, -0.2) is 0 Å². The highest BCUT2D eigenvalue weighted by Gasteiger charge is 2.45. The molecule has 1 spiro atoms. The second-order valence-corrected chi connectivity index (χ2v) is 8.93. The van der Waals surface area contributed by atoms with E-state index in [0.717, 1.165) is 11.1 Å². The molecular weight excluding hydrogens is 408 g/mol. The maximum atomic E-state index is 13.0. The van der Waals surface area contributed by atoms with Crippen LogP contribution in [0.4, 0.5) is 6.01 Å². The number of aromatic nitrogens is 1. The topological polar surface area (TPSA) is 74.0 Å². The monoisotopic (exact) mass is 436 g/mol. The predicted octanol–water partition coefficient (Wildman–Crippen LogP) is 4.97. The molecule has 0 radical (unpaired) electrons. The molecule has 168 valence electrons.